The number of nitrogens with two attached hydrogens (primary N) is 1. The Hall–Kier alpha value is -1.03. The van der Waals surface area contributed by atoms with Gasteiger partial charge in [-0.1, -0.05) is 6.92 Å². The number of anilines is 1. The summed E-state index contributed by atoms with van der Waals surface area (Å²) in [7, 11) is 0. The van der Waals surface area contributed by atoms with Gasteiger partial charge in [0.25, 0.3) is 5.91 Å². The molecule has 66 valence electrons. The van der Waals surface area contributed by atoms with Crippen LogP contribution >= 0.6 is 11.3 Å². The van der Waals surface area contributed by atoms with Crippen molar-refractivity contribution < 1.29 is 4.79 Å². The van der Waals surface area contributed by atoms with Crippen molar-refractivity contribution in [2.75, 3.05) is 12.3 Å². The fourth-order valence-corrected chi connectivity index (χ4v) is 1.49. The average Bonchev–Trinajstić information content (AvgIpc) is 2.47. The summed E-state index contributed by atoms with van der Waals surface area (Å²) in [6.07, 6.45) is 0.951. The Morgan fingerprint density at radius 3 is 2.92 bits per heavy atom. The summed E-state index contributed by atoms with van der Waals surface area (Å²) < 4.78 is 0. The Morgan fingerprint density at radius 1 is 1.67 bits per heavy atom. The molecule has 0 radical (unpaired) electrons. The zero-order valence-corrected chi connectivity index (χ0v) is 7.78. The van der Waals surface area contributed by atoms with E-state index in [0.29, 0.717) is 9.88 Å². The van der Waals surface area contributed by atoms with E-state index < -0.39 is 0 Å². The first-order valence-corrected chi connectivity index (χ1v) is 4.69. The SMILES string of the molecule is CCCNC(=O)c1ccc(N)s1. The van der Waals surface area contributed by atoms with E-state index in [1.165, 1.54) is 11.3 Å². The molecule has 0 aliphatic carbocycles. The average molecular weight is 184 g/mol. The zero-order chi connectivity index (χ0) is 8.97. The Kier molecular flexibility index (Phi) is 3.10. The summed E-state index contributed by atoms with van der Waals surface area (Å²) in [5.74, 6) is -0.0291. The number of amides is 1. The monoisotopic (exact) mass is 184 g/mol. The topological polar surface area (TPSA) is 55.1 Å². The van der Waals surface area contributed by atoms with Gasteiger partial charge in [0.2, 0.25) is 0 Å². The van der Waals surface area contributed by atoms with Crippen molar-refractivity contribution in [2.45, 2.75) is 13.3 Å². The molecular formula is C8H12N2OS. The number of nitrogens with one attached hydrogen (secondary N) is 1. The van der Waals surface area contributed by atoms with Gasteiger partial charge in [0.15, 0.2) is 0 Å². The second-order valence-electron chi connectivity index (χ2n) is 2.46. The van der Waals surface area contributed by atoms with Crippen LogP contribution in [0.2, 0.25) is 0 Å². The largest absolute Gasteiger partial charge is 0.391 e. The lowest BCUT2D eigenvalue weighted by molar-refractivity contribution is 0.0957. The van der Waals surface area contributed by atoms with Crippen LogP contribution in [0, 0.1) is 0 Å². The molecule has 0 spiro atoms. The molecule has 1 aromatic heterocycles. The fraction of sp³-hybridized carbons (Fsp3) is 0.375. The molecule has 0 aliphatic heterocycles. The predicted octanol–water partition coefficient (Wildman–Crippen LogP) is 1.47. The number of rotatable bonds is 3. The van der Waals surface area contributed by atoms with Gasteiger partial charge in [-0.15, -0.1) is 11.3 Å². The molecule has 1 amide bonds. The van der Waals surface area contributed by atoms with Crippen LogP contribution in [0.4, 0.5) is 5.00 Å². The van der Waals surface area contributed by atoms with Gasteiger partial charge in [0, 0.05) is 6.54 Å². The van der Waals surface area contributed by atoms with Crippen molar-refractivity contribution >= 4 is 22.2 Å². The van der Waals surface area contributed by atoms with E-state index in [9.17, 15) is 4.79 Å². The van der Waals surface area contributed by atoms with Gasteiger partial charge in [-0.2, -0.15) is 0 Å². The van der Waals surface area contributed by atoms with Crippen LogP contribution < -0.4 is 11.1 Å². The van der Waals surface area contributed by atoms with Crippen molar-refractivity contribution in [1.29, 1.82) is 0 Å². The third-order valence-corrected chi connectivity index (χ3v) is 2.30. The molecule has 0 fully saturated rings. The predicted molar refractivity (Wildman–Crippen MR) is 51.4 cm³/mol. The highest BCUT2D eigenvalue weighted by Gasteiger charge is 2.05. The van der Waals surface area contributed by atoms with E-state index >= 15 is 0 Å². The van der Waals surface area contributed by atoms with Crippen LogP contribution in [0.5, 0.6) is 0 Å². The summed E-state index contributed by atoms with van der Waals surface area (Å²) in [6, 6.07) is 3.48. The first kappa shape index (κ1) is 9.06. The second-order valence-corrected chi connectivity index (χ2v) is 3.57. The molecule has 3 N–H and O–H groups in total. The van der Waals surface area contributed by atoms with Crippen molar-refractivity contribution in [3.63, 3.8) is 0 Å². The molecule has 1 heterocycles. The third kappa shape index (κ3) is 2.23. The number of carbonyl (C=O) groups excluding carboxylic acids is 1. The number of nitrogen functional groups attached to an aromatic ring is 1. The first-order valence-electron chi connectivity index (χ1n) is 3.87. The molecule has 1 rings (SSSR count). The van der Waals surface area contributed by atoms with E-state index in [-0.39, 0.29) is 5.91 Å². The van der Waals surface area contributed by atoms with Crippen LogP contribution in [0.3, 0.4) is 0 Å². The van der Waals surface area contributed by atoms with Crippen LogP contribution in [0.15, 0.2) is 12.1 Å². The van der Waals surface area contributed by atoms with Crippen molar-refractivity contribution in [1.82, 2.24) is 5.32 Å². The minimum absolute atomic E-state index is 0.0291. The molecule has 0 saturated heterocycles. The maximum absolute atomic E-state index is 11.3. The third-order valence-electron chi connectivity index (χ3n) is 1.39. The van der Waals surface area contributed by atoms with Gasteiger partial charge >= 0.3 is 0 Å². The Bertz CT molecular complexity index is 270. The van der Waals surface area contributed by atoms with Crippen LogP contribution in [0.25, 0.3) is 0 Å². The summed E-state index contributed by atoms with van der Waals surface area (Å²) >= 11 is 1.31. The molecule has 12 heavy (non-hydrogen) atoms. The molecule has 4 heteroatoms. The highest BCUT2D eigenvalue weighted by Crippen LogP contribution is 2.17. The van der Waals surface area contributed by atoms with Crippen molar-refractivity contribution in [3.05, 3.63) is 17.0 Å². The second kappa shape index (κ2) is 4.11. The standard InChI is InChI=1S/C8H12N2OS/c1-2-5-10-8(11)6-3-4-7(9)12-6/h3-4H,2,5,9H2,1H3,(H,10,11). The minimum Gasteiger partial charge on any atom is -0.391 e. The van der Waals surface area contributed by atoms with Crippen LogP contribution in [0.1, 0.15) is 23.0 Å². The number of thiophene rings is 1. The van der Waals surface area contributed by atoms with E-state index in [1.54, 1.807) is 12.1 Å². The van der Waals surface area contributed by atoms with Crippen molar-refractivity contribution in [3.8, 4) is 0 Å². The highest BCUT2D eigenvalue weighted by atomic mass is 32.1. The first-order chi connectivity index (χ1) is 5.74. The molecule has 0 bridgehead atoms. The highest BCUT2D eigenvalue weighted by molar-refractivity contribution is 7.17. The molecule has 0 aromatic carbocycles. The molecule has 0 aliphatic rings. The minimum atomic E-state index is -0.0291. The van der Waals surface area contributed by atoms with Crippen LogP contribution in [-0.4, -0.2) is 12.5 Å². The Balaban J connectivity index is 2.53. The lowest BCUT2D eigenvalue weighted by atomic mass is 10.4. The molecule has 0 atom stereocenters. The normalized spacial score (nSPS) is 9.75. The van der Waals surface area contributed by atoms with Gasteiger partial charge < -0.3 is 11.1 Å². The number of hydrogen-bond donors (Lipinski definition) is 2. The zero-order valence-electron chi connectivity index (χ0n) is 6.96. The summed E-state index contributed by atoms with van der Waals surface area (Å²) in [5, 5.41) is 3.46. The van der Waals surface area contributed by atoms with E-state index in [1.807, 2.05) is 6.92 Å². The smallest absolute Gasteiger partial charge is 0.261 e. The maximum atomic E-state index is 11.3. The lowest BCUT2D eigenvalue weighted by Crippen LogP contribution is -2.22. The van der Waals surface area contributed by atoms with Gasteiger partial charge in [0.05, 0.1) is 9.88 Å². The number of hydrogen-bond acceptors (Lipinski definition) is 3. The number of carbonyl (C=O) groups is 1. The summed E-state index contributed by atoms with van der Waals surface area (Å²) in [5.41, 5.74) is 5.48. The van der Waals surface area contributed by atoms with Gasteiger partial charge in [-0.3, -0.25) is 4.79 Å². The molecule has 0 saturated carbocycles. The lowest BCUT2D eigenvalue weighted by Gasteiger charge is -1.98. The summed E-state index contributed by atoms with van der Waals surface area (Å²) in [6.45, 7) is 2.74. The Labute approximate surface area is 75.6 Å². The van der Waals surface area contributed by atoms with Gasteiger partial charge in [0.1, 0.15) is 0 Å². The molecule has 1 aromatic rings. The van der Waals surface area contributed by atoms with Gasteiger partial charge in [-0.25, -0.2) is 0 Å². The molecule has 3 nitrogen and oxygen atoms in total. The van der Waals surface area contributed by atoms with E-state index in [2.05, 4.69) is 5.32 Å². The van der Waals surface area contributed by atoms with Crippen molar-refractivity contribution in [2.24, 2.45) is 0 Å². The van der Waals surface area contributed by atoms with Crippen LogP contribution in [-0.2, 0) is 0 Å². The molecule has 0 unspecified atom stereocenters. The maximum Gasteiger partial charge on any atom is 0.261 e. The quantitative estimate of drug-likeness (QED) is 0.747. The van der Waals surface area contributed by atoms with E-state index in [0.717, 1.165) is 13.0 Å². The van der Waals surface area contributed by atoms with E-state index in [4.69, 9.17) is 5.73 Å². The molecular weight excluding hydrogens is 172 g/mol. The summed E-state index contributed by atoms with van der Waals surface area (Å²) in [4.78, 5) is 11.9. The Morgan fingerprint density at radius 2 is 2.42 bits per heavy atom. The van der Waals surface area contributed by atoms with Gasteiger partial charge in [-0.05, 0) is 18.6 Å². The fourth-order valence-electron chi connectivity index (χ4n) is 0.801.